The van der Waals surface area contributed by atoms with Gasteiger partial charge in [0.25, 0.3) is 0 Å². The molecule has 84 valence electrons. The fourth-order valence-corrected chi connectivity index (χ4v) is 2.05. The first-order chi connectivity index (χ1) is 8.17. The summed E-state index contributed by atoms with van der Waals surface area (Å²) >= 11 is 0. The first kappa shape index (κ1) is 11.2. The van der Waals surface area contributed by atoms with Gasteiger partial charge in [0.15, 0.2) is 0 Å². The molecule has 0 spiro atoms. The Morgan fingerprint density at radius 1 is 1.41 bits per heavy atom. The Morgan fingerprint density at radius 2 is 2.18 bits per heavy atom. The van der Waals surface area contributed by atoms with Gasteiger partial charge in [-0.2, -0.15) is 10.5 Å². The van der Waals surface area contributed by atoms with Gasteiger partial charge in [-0.05, 0) is 18.6 Å². The minimum Gasteiger partial charge on any atom is -0.310 e. The number of amides is 1. The lowest BCUT2D eigenvalue weighted by molar-refractivity contribution is -0.117. The van der Waals surface area contributed by atoms with Gasteiger partial charge in [0.1, 0.15) is 6.07 Å². The second kappa shape index (κ2) is 4.27. The lowest BCUT2D eigenvalue weighted by Crippen LogP contribution is -2.25. The molecule has 1 aliphatic rings. The number of anilines is 1. The van der Waals surface area contributed by atoms with Crippen molar-refractivity contribution in [3.05, 3.63) is 29.3 Å². The number of nitrogens with zero attached hydrogens (tertiary/aromatic N) is 3. The van der Waals surface area contributed by atoms with Crippen LogP contribution in [0.5, 0.6) is 0 Å². The minimum absolute atomic E-state index is 0.0846. The van der Waals surface area contributed by atoms with E-state index in [1.165, 1.54) is 0 Å². The molecule has 1 aliphatic heterocycles. The number of aryl methyl sites for hydroxylation is 1. The molecule has 1 atom stereocenters. The van der Waals surface area contributed by atoms with Crippen LogP contribution in [-0.2, 0) is 4.79 Å². The highest BCUT2D eigenvalue weighted by Gasteiger charge is 2.31. The van der Waals surface area contributed by atoms with Crippen LogP contribution in [0, 0.1) is 35.5 Å². The van der Waals surface area contributed by atoms with Gasteiger partial charge in [0.2, 0.25) is 5.91 Å². The van der Waals surface area contributed by atoms with E-state index in [4.69, 9.17) is 10.5 Å². The van der Waals surface area contributed by atoms with Crippen molar-refractivity contribution in [3.63, 3.8) is 0 Å². The van der Waals surface area contributed by atoms with Crippen molar-refractivity contribution in [2.24, 2.45) is 5.92 Å². The average molecular weight is 225 g/mol. The van der Waals surface area contributed by atoms with Crippen molar-refractivity contribution in [3.8, 4) is 12.1 Å². The lowest BCUT2D eigenvalue weighted by Gasteiger charge is -2.18. The molecule has 0 N–H and O–H groups in total. The van der Waals surface area contributed by atoms with Gasteiger partial charge in [-0.1, -0.05) is 12.1 Å². The fourth-order valence-electron chi connectivity index (χ4n) is 2.05. The SMILES string of the molecule is Cc1cccc(N2CC(C#N)CC2=O)c1C#N. The molecule has 1 aromatic carbocycles. The number of benzene rings is 1. The molecule has 1 heterocycles. The maximum absolute atomic E-state index is 11.8. The number of hydrogen-bond donors (Lipinski definition) is 0. The normalized spacial score (nSPS) is 18.9. The summed E-state index contributed by atoms with van der Waals surface area (Å²) in [5.41, 5.74) is 1.98. The molecular weight excluding hydrogens is 214 g/mol. The summed E-state index contributed by atoms with van der Waals surface area (Å²) in [4.78, 5) is 13.3. The second-order valence-electron chi connectivity index (χ2n) is 4.12. The third kappa shape index (κ3) is 1.86. The van der Waals surface area contributed by atoms with E-state index in [0.717, 1.165) is 5.56 Å². The molecule has 4 nitrogen and oxygen atoms in total. The first-order valence-corrected chi connectivity index (χ1v) is 5.37. The van der Waals surface area contributed by atoms with Gasteiger partial charge >= 0.3 is 0 Å². The first-order valence-electron chi connectivity index (χ1n) is 5.37. The van der Waals surface area contributed by atoms with Crippen molar-refractivity contribution in [2.75, 3.05) is 11.4 Å². The predicted molar refractivity (Wildman–Crippen MR) is 62.0 cm³/mol. The average Bonchev–Trinajstić information content (AvgIpc) is 2.70. The van der Waals surface area contributed by atoms with Crippen molar-refractivity contribution in [1.29, 1.82) is 10.5 Å². The predicted octanol–water partition coefficient (Wildman–Crippen LogP) is 1.74. The molecule has 1 amide bonds. The number of carbonyl (C=O) groups is 1. The summed E-state index contributed by atoms with van der Waals surface area (Å²) in [7, 11) is 0. The van der Waals surface area contributed by atoms with Gasteiger partial charge in [0.05, 0.1) is 23.2 Å². The van der Waals surface area contributed by atoms with Crippen LogP contribution in [0.4, 0.5) is 5.69 Å². The molecule has 1 aromatic rings. The highest BCUT2D eigenvalue weighted by molar-refractivity contribution is 5.97. The van der Waals surface area contributed by atoms with Crippen LogP contribution in [0.15, 0.2) is 18.2 Å². The van der Waals surface area contributed by atoms with E-state index in [1.807, 2.05) is 19.1 Å². The maximum Gasteiger partial charge on any atom is 0.228 e. The third-order valence-electron chi connectivity index (χ3n) is 2.96. The number of rotatable bonds is 1. The van der Waals surface area contributed by atoms with E-state index in [1.54, 1.807) is 11.0 Å². The Morgan fingerprint density at radius 3 is 2.76 bits per heavy atom. The van der Waals surface area contributed by atoms with Crippen LogP contribution < -0.4 is 4.90 Å². The second-order valence-corrected chi connectivity index (χ2v) is 4.12. The molecule has 17 heavy (non-hydrogen) atoms. The standard InChI is InChI=1S/C13H11N3O/c1-9-3-2-4-12(11(9)7-15)16-8-10(6-14)5-13(16)17/h2-4,10H,5,8H2,1H3. The van der Waals surface area contributed by atoms with Gasteiger partial charge in [-0.15, -0.1) is 0 Å². The molecule has 0 radical (unpaired) electrons. The Hall–Kier alpha value is -2.33. The maximum atomic E-state index is 11.8. The van der Waals surface area contributed by atoms with Crippen molar-refractivity contribution in [2.45, 2.75) is 13.3 Å². The van der Waals surface area contributed by atoms with Gasteiger partial charge in [-0.3, -0.25) is 4.79 Å². The van der Waals surface area contributed by atoms with E-state index >= 15 is 0 Å². The molecule has 1 saturated heterocycles. The summed E-state index contributed by atoms with van der Waals surface area (Å²) in [5.74, 6) is -0.354. The van der Waals surface area contributed by atoms with E-state index < -0.39 is 0 Å². The Labute approximate surface area is 99.7 Å². The van der Waals surface area contributed by atoms with Crippen LogP contribution in [0.3, 0.4) is 0 Å². The zero-order valence-electron chi connectivity index (χ0n) is 9.47. The van der Waals surface area contributed by atoms with Crippen molar-refractivity contribution in [1.82, 2.24) is 0 Å². The molecule has 0 saturated carbocycles. The molecular formula is C13H11N3O. The van der Waals surface area contributed by atoms with Crippen LogP contribution in [0.25, 0.3) is 0 Å². The van der Waals surface area contributed by atoms with E-state index in [9.17, 15) is 4.79 Å². The van der Waals surface area contributed by atoms with E-state index in [-0.39, 0.29) is 18.2 Å². The van der Waals surface area contributed by atoms with E-state index in [0.29, 0.717) is 17.8 Å². The van der Waals surface area contributed by atoms with Gasteiger partial charge < -0.3 is 4.90 Å². The Bertz CT molecular complexity index is 551. The highest BCUT2D eigenvalue weighted by atomic mass is 16.2. The summed E-state index contributed by atoms with van der Waals surface area (Å²) < 4.78 is 0. The Kier molecular flexibility index (Phi) is 2.80. The zero-order valence-corrected chi connectivity index (χ0v) is 9.47. The number of hydrogen-bond acceptors (Lipinski definition) is 3. The van der Waals surface area contributed by atoms with Crippen LogP contribution in [0.1, 0.15) is 17.5 Å². The van der Waals surface area contributed by atoms with Crippen LogP contribution in [-0.4, -0.2) is 12.5 Å². The monoisotopic (exact) mass is 225 g/mol. The molecule has 0 aromatic heterocycles. The molecule has 4 heteroatoms. The highest BCUT2D eigenvalue weighted by Crippen LogP contribution is 2.29. The molecule has 0 bridgehead atoms. The van der Waals surface area contributed by atoms with Crippen LogP contribution >= 0.6 is 0 Å². The van der Waals surface area contributed by atoms with Crippen LogP contribution in [0.2, 0.25) is 0 Å². The van der Waals surface area contributed by atoms with Gasteiger partial charge in [-0.25, -0.2) is 0 Å². The molecule has 1 fully saturated rings. The third-order valence-corrected chi connectivity index (χ3v) is 2.96. The lowest BCUT2D eigenvalue weighted by atomic mass is 10.1. The summed E-state index contributed by atoms with van der Waals surface area (Å²) in [6, 6.07) is 9.63. The minimum atomic E-state index is -0.269. The quantitative estimate of drug-likeness (QED) is 0.731. The number of nitriles is 2. The smallest absolute Gasteiger partial charge is 0.228 e. The summed E-state index contributed by atoms with van der Waals surface area (Å²) in [6.07, 6.45) is 0.245. The van der Waals surface area contributed by atoms with Gasteiger partial charge in [0, 0.05) is 13.0 Å². The summed E-state index contributed by atoms with van der Waals surface area (Å²) in [5, 5.41) is 18.0. The molecule has 1 unspecified atom stereocenters. The zero-order chi connectivity index (χ0) is 12.4. The summed E-state index contributed by atoms with van der Waals surface area (Å²) in [6.45, 7) is 2.22. The molecule has 0 aliphatic carbocycles. The molecule has 2 rings (SSSR count). The van der Waals surface area contributed by atoms with Crippen molar-refractivity contribution < 1.29 is 4.79 Å². The largest absolute Gasteiger partial charge is 0.310 e. The number of carbonyl (C=O) groups excluding carboxylic acids is 1. The Balaban J connectivity index is 2.43. The van der Waals surface area contributed by atoms with Crippen molar-refractivity contribution >= 4 is 11.6 Å². The fraction of sp³-hybridized carbons (Fsp3) is 0.308. The topological polar surface area (TPSA) is 67.9 Å². The van der Waals surface area contributed by atoms with E-state index in [2.05, 4.69) is 12.1 Å².